The quantitative estimate of drug-likeness (QED) is 0.618. The first kappa shape index (κ1) is 19.0. The Labute approximate surface area is 148 Å². The number of rotatable bonds is 10. The van der Waals surface area contributed by atoms with Crippen molar-refractivity contribution in [2.45, 2.75) is 33.1 Å². The smallest absolute Gasteiger partial charge is 0.352 e. The van der Waals surface area contributed by atoms with Gasteiger partial charge in [0.05, 0.1) is 6.42 Å². The Balaban J connectivity index is 1.99. The normalized spacial score (nSPS) is 11.2. The lowest BCUT2D eigenvalue weighted by molar-refractivity contribution is -0.120. The number of hydrogen-bond acceptors (Lipinski definition) is 3. The van der Waals surface area contributed by atoms with Crippen LogP contribution in [0.4, 0.5) is 0 Å². The number of amides is 1. The largest absolute Gasteiger partial charge is 0.477 e. The highest BCUT2D eigenvalue weighted by atomic mass is 16.4. The van der Waals surface area contributed by atoms with Crippen LogP contribution in [0.1, 0.15) is 42.7 Å². The van der Waals surface area contributed by atoms with Crippen LogP contribution in [0.3, 0.4) is 0 Å². The van der Waals surface area contributed by atoms with Gasteiger partial charge in [-0.05, 0) is 32.0 Å². The molecule has 1 aromatic heterocycles. The third-order valence-electron chi connectivity index (χ3n) is 4.19. The molecule has 1 aromatic carbocycles. The Hall–Kier alpha value is -2.34. The van der Waals surface area contributed by atoms with Gasteiger partial charge >= 0.3 is 5.97 Å². The minimum atomic E-state index is -1.05. The second-order valence-corrected chi connectivity index (χ2v) is 6.20. The summed E-state index contributed by atoms with van der Waals surface area (Å²) in [6, 6.07) is 7.34. The van der Waals surface area contributed by atoms with E-state index in [0.29, 0.717) is 12.1 Å². The van der Waals surface area contributed by atoms with Crippen molar-refractivity contribution in [2.24, 2.45) is 0 Å². The van der Waals surface area contributed by atoms with E-state index in [1.807, 2.05) is 24.3 Å². The van der Waals surface area contributed by atoms with E-state index in [0.717, 1.165) is 43.4 Å². The Morgan fingerprint density at radius 1 is 1.12 bits per heavy atom. The number of carbonyl (C=O) groups is 2. The topological polar surface area (TPSA) is 85.4 Å². The van der Waals surface area contributed by atoms with Crippen molar-refractivity contribution in [3.05, 3.63) is 35.5 Å². The fourth-order valence-electron chi connectivity index (χ4n) is 3.11. The van der Waals surface area contributed by atoms with Crippen molar-refractivity contribution in [3.8, 4) is 0 Å². The van der Waals surface area contributed by atoms with Crippen molar-refractivity contribution >= 4 is 22.8 Å². The van der Waals surface area contributed by atoms with E-state index in [9.17, 15) is 14.7 Å². The summed E-state index contributed by atoms with van der Waals surface area (Å²) in [4.78, 5) is 29.0. The fourth-order valence-corrected chi connectivity index (χ4v) is 3.11. The van der Waals surface area contributed by atoms with Crippen LogP contribution < -0.4 is 5.32 Å². The minimum absolute atomic E-state index is 0.0627. The molecule has 0 spiro atoms. The summed E-state index contributed by atoms with van der Waals surface area (Å²) in [6.45, 7) is 7.72. The van der Waals surface area contributed by atoms with E-state index in [1.165, 1.54) is 0 Å². The molecule has 2 aromatic rings. The molecule has 0 aliphatic heterocycles. The standard InChI is InChI=1S/C19H27N3O3/c1-3-10-22(11-4-2)12-9-20-17(23)13-15-14-7-5-6-8-16(14)21-18(15)19(24)25/h5-8,21H,3-4,9-13H2,1-2H3,(H,20,23)(H,24,25). The number of carbonyl (C=O) groups excluding carboxylic acids is 1. The van der Waals surface area contributed by atoms with Crippen LogP contribution in [0.25, 0.3) is 10.9 Å². The molecule has 0 radical (unpaired) electrons. The monoisotopic (exact) mass is 345 g/mol. The average Bonchev–Trinajstić information content (AvgIpc) is 2.94. The van der Waals surface area contributed by atoms with E-state index >= 15 is 0 Å². The van der Waals surface area contributed by atoms with Crippen molar-refractivity contribution < 1.29 is 14.7 Å². The fraction of sp³-hybridized carbons (Fsp3) is 0.474. The van der Waals surface area contributed by atoms with Crippen LogP contribution in [0.15, 0.2) is 24.3 Å². The van der Waals surface area contributed by atoms with Crippen molar-refractivity contribution in [2.75, 3.05) is 26.2 Å². The van der Waals surface area contributed by atoms with E-state index in [4.69, 9.17) is 0 Å². The van der Waals surface area contributed by atoms with Crippen molar-refractivity contribution in [1.29, 1.82) is 0 Å². The van der Waals surface area contributed by atoms with Gasteiger partial charge in [0, 0.05) is 29.6 Å². The lowest BCUT2D eigenvalue weighted by Gasteiger charge is -2.20. The highest BCUT2D eigenvalue weighted by Crippen LogP contribution is 2.23. The number of hydrogen-bond donors (Lipinski definition) is 3. The Morgan fingerprint density at radius 2 is 1.80 bits per heavy atom. The molecule has 0 unspecified atom stereocenters. The third-order valence-corrected chi connectivity index (χ3v) is 4.19. The first-order valence-corrected chi connectivity index (χ1v) is 8.88. The maximum atomic E-state index is 12.3. The van der Waals surface area contributed by atoms with Gasteiger partial charge in [-0.1, -0.05) is 32.0 Å². The summed E-state index contributed by atoms with van der Waals surface area (Å²) in [7, 11) is 0. The van der Waals surface area contributed by atoms with Crippen LogP contribution in [0.2, 0.25) is 0 Å². The molecule has 1 heterocycles. The summed E-state index contributed by atoms with van der Waals surface area (Å²) in [5, 5.41) is 13.1. The number of carboxylic acids is 1. The summed E-state index contributed by atoms with van der Waals surface area (Å²) in [5.41, 5.74) is 1.37. The molecule has 0 saturated carbocycles. The molecule has 1 amide bonds. The number of benzene rings is 1. The van der Waals surface area contributed by atoms with Gasteiger partial charge in [-0.25, -0.2) is 4.79 Å². The summed E-state index contributed by atoms with van der Waals surface area (Å²) in [5.74, 6) is -1.20. The maximum absolute atomic E-state index is 12.3. The third kappa shape index (κ3) is 5.06. The highest BCUT2D eigenvalue weighted by molar-refractivity contribution is 5.99. The number of aromatic amines is 1. The molecule has 25 heavy (non-hydrogen) atoms. The van der Waals surface area contributed by atoms with Crippen LogP contribution in [0, 0.1) is 0 Å². The molecule has 6 nitrogen and oxygen atoms in total. The number of nitrogens with one attached hydrogen (secondary N) is 2. The molecule has 6 heteroatoms. The zero-order valence-electron chi connectivity index (χ0n) is 15.0. The molecule has 136 valence electrons. The van der Waals surface area contributed by atoms with Crippen LogP contribution in [0.5, 0.6) is 0 Å². The molecular formula is C19H27N3O3. The van der Waals surface area contributed by atoms with Gasteiger partial charge in [-0.3, -0.25) is 4.79 Å². The van der Waals surface area contributed by atoms with Gasteiger partial charge < -0.3 is 20.3 Å². The molecule has 2 rings (SSSR count). The Bertz CT molecular complexity index is 718. The molecule has 0 aliphatic rings. The predicted molar refractivity (Wildman–Crippen MR) is 99.0 cm³/mol. The lowest BCUT2D eigenvalue weighted by Crippen LogP contribution is -2.36. The lowest BCUT2D eigenvalue weighted by atomic mass is 10.1. The zero-order chi connectivity index (χ0) is 18.2. The second kappa shape index (κ2) is 9.22. The van der Waals surface area contributed by atoms with E-state index in [-0.39, 0.29) is 18.0 Å². The van der Waals surface area contributed by atoms with Crippen molar-refractivity contribution in [1.82, 2.24) is 15.2 Å². The average molecular weight is 345 g/mol. The number of H-pyrrole nitrogens is 1. The number of carboxylic acid groups (broad SMARTS) is 1. The van der Waals surface area contributed by atoms with Crippen LogP contribution in [-0.2, 0) is 11.2 Å². The van der Waals surface area contributed by atoms with E-state index in [1.54, 1.807) is 0 Å². The molecule has 0 atom stereocenters. The van der Waals surface area contributed by atoms with Crippen LogP contribution in [-0.4, -0.2) is 53.0 Å². The minimum Gasteiger partial charge on any atom is -0.477 e. The SMILES string of the molecule is CCCN(CCC)CCNC(=O)Cc1c(C(=O)O)[nH]c2ccccc12. The zero-order valence-corrected chi connectivity index (χ0v) is 15.0. The number of nitrogens with zero attached hydrogens (tertiary/aromatic N) is 1. The van der Waals surface area contributed by atoms with Crippen molar-refractivity contribution in [3.63, 3.8) is 0 Å². The van der Waals surface area contributed by atoms with Crippen LogP contribution >= 0.6 is 0 Å². The van der Waals surface area contributed by atoms with Gasteiger partial charge in [0.2, 0.25) is 5.91 Å². The van der Waals surface area contributed by atoms with Gasteiger partial charge in [0.25, 0.3) is 0 Å². The number of fused-ring (bicyclic) bond motifs is 1. The van der Waals surface area contributed by atoms with E-state index in [2.05, 4.69) is 29.0 Å². The maximum Gasteiger partial charge on any atom is 0.352 e. The first-order valence-electron chi connectivity index (χ1n) is 8.88. The molecule has 0 aliphatic carbocycles. The summed E-state index contributed by atoms with van der Waals surface area (Å²) >= 11 is 0. The molecule has 0 bridgehead atoms. The predicted octanol–water partition coefficient (Wildman–Crippen LogP) is 2.65. The highest BCUT2D eigenvalue weighted by Gasteiger charge is 2.19. The van der Waals surface area contributed by atoms with Gasteiger partial charge in [0.15, 0.2) is 0 Å². The number of para-hydroxylation sites is 1. The van der Waals surface area contributed by atoms with Gasteiger partial charge in [0.1, 0.15) is 5.69 Å². The first-order chi connectivity index (χ1) is 12.1. The van der Waals surface area contributed by atoms with E-state index < -0.39 is 5.97 Å². The molecule has 0 saturated heterocycles. The summed E-state index contributed by atoms with van der Waals surface area (Å²) < 4.78 is 0. The number of aromatic carboxylic acids is 1. The second-order valence-electron chi connectivity index (χ2n) is 6.20. The molecular weight excluding hydrogens is 318 g/mol. The Kier molecular flexibility index (Phi) is 7.01. The van der Waals surface area contributed by atoms with Gasteiger partial charge in [-0.15, -0.1) is 0 Å². The van der Waals surface area contributed by atoms with Gasteiger partial charge in [-0.2, -0.15) is 0 Å². The number of aromatic nitrogens is 1. The molecule has 0 fully saturated rings. The Morgan fingerprint density at radius 3 is 2.44 bits per heavy atom. The summed E-state index contributed by atoms with van der Waals surface area (Å²) in [6.07, 6.45) is 2.24. The molecule has 3 N–H and O–H groups in total.